The van der Waals surface area contributed by atoms with E-state index in [0.29, 0.717) is 13.2 Å². The molecule has 0 amide bonds. The van der Waals surface area contributed by atoms with Crippen molar-refractivity contribution in [2.75, 3.05) is 13.2 Å². The Morgan fingerprint density at radius 1 is 1.08 bits per heavy atom. The molecule has 0 saturated heterocycles. The van der Waals surface area contributed by atoms with Crippen molar-refractivity contribution >= 4 is 28.9 Å². The van der Waals surface area contributed by atoms with Gasteiger partial charge in [0.05, 0.1) is 13.2 Å². The first-order chi connectivity index (χ1) is 6.12. The first-order valence-electron chi connectivity index (χ1n) is 4.71. The van der Waals surface area contributed by atoms with Gasteiger partial charge in [-0.2, -0.15) is 0 Å². The first kappa shape index (κ1) is 13.9. The molecule has 0 aliphatic carbocycles. The molecule has 0 radical (unpaired) electrons. The van der Waals surface area contributed by atoms with Gasteiger partial charge in [-0.15, -0.1) is 0 Å². The van der Waals surface area contributed by atoms with E-state index in [1.807, 2.05) is 0 Å². The van der Waals surface area contributed by atoms with Gasteiger partial charge in [-0.05, 0) is 35.9 Å². The highest BCUT2D eigenvalue weighted by molar-refractivity contribution is 8.22. The quantitative estimate of drug-likeness (QED) is 0.473. The number of hydrogen-bond acceptors (Lipinski definition) is 3. The van der Waals surface area contributed by atoms with E-state index < -0.39 is 5.84 Å². The lowest BCUT2D eigenvalue weighted by atomic mass is 10.4. The summed E-state index contributed by atoms with van der Waals surface area (Å²) < 4.78 is 10.6. The zero-order chi connectivity index (χ0) is 10.2. The molecule has 0 bridgehead atoms. The van der Waals surface area contributed by atoms with Gasteiger partial charge in [-0.25, -0.2) is 0 Å². The van der Waals surface area contributed by atoms with Crippen LogP contribution in [0.4, 0.5) is 0 Å². The lowest BCUT2D eigenvalue weighted by Crippen LogP contribution is -1.94. The van der Waals surface area contributed by atoms with Gasteiger partial charge in [-0.1, -0.05) is 26.7 Å². The molecule has 0 N–H and O–H groups in total. The monoisotopic (exact) mass is 244 g/mol. The van der Waals surface area contributed by atoms with E-state index in [1.165, 1.54) is 0 Å². The van der Waals surface area contributed by atoms with E-state index >= 15 is 0 Å². The fourth-order valence-corrected chi connectivity index (χ4v) is 2.30. The lowest BCUT2D eigenvalue weighted by molar-refractivity contribution is 0.252. The van der Waals surface area contributed by atoms with Gasteiger partial charge >= 0.3 is 0 Å². The molecule has 13 heavy (non-hydrogen) atoms. The summed E-state index contributed by atoms with van der Waals surface area (Å²) in [7, 11) is 0. The van der Waals surface area contributed by atoms with Crippen molar-refractivity contribution in [3.63, 3.8) is 0 Å². The molecule has 0 rings (SSSR count). The molecule has 0 aliphatic heterocycles. The topological polar surface area (TPSA) is 18.5 Å². The molecule has 0 heterocycles. The minimum absolute atomic E-state index is 0.614. The zero-order valence-corrected chi connectivity index (χ0v) is 10.8. The molecule has 0 saturated carbocycles. The molecule has 2 nitrogen and oxygen atoms in total. The predicted octanol–water partition coefficient (Wildman–Crippen LogP) is 4.08. The summed E-state index contributed by atoms with van der Waals surface area (Å²) >= 11 is 10.9. The van der Waals surface area contributed by atoms with Crippen LogP contribution in [0.25, 0.3) is 0 Å². The van der Waals surface area contributed by atoms with Crippen LogP contribution in [0.3, 0.4) is 0 Å². The van der Waals surface area contributed by atoms with E-state index in [1.54, 1.807) is 0 Å². The summed E-state index contributed by atoms with van der Waals surface area (Å²) in [5.74, 6) is -2.45. The van der Waals surface area contributed by atoms with Crippen LogP contribution in [0.1, 0.15) is 39.5 Å². The Morgan fingerprint density at radius 3 is 1.77 bits per heavy atom. The Balaban J connectivity index is 3.49. The average Bonchev–Trinajstić information content (AvgIpc) is 2.05. The predicted molar refractivity (Wildman–Crippen MR) is 61.9 cm³/mol. The molecule has 0 unspecified atom stereocenters. The highest BCUT2D eigenvalue weighted by Crippen LogP contribution is 2.54. The molecule has 0 aromatic heterocycles. The first-order valence-corrected chi connectivity index (χ1v) is 8.25. The smallest absolute Gasteiger partial charge is 0.281 e. The number of unbranched alkanes of at least 4 members (excludes halogenated alkanes) is 2. The second-order valence-electron chi connectivity index (χ2n) is 2.80. The minimum atomic E-state index is -2.45. The number of halogens is 1. The highest BCUT2D eigenvalue weighted by atomic mass is 35.7. The van der Waals surface area contributed by atoms with Crippen molar-refractivity contribution in [2.45, 2.75) is 39.5 Å². The van der Waals surface area contributed by atoms with Crippen LogP contribution in [0, 0.1) is 0 Å². The fraction of sp³-hybridized carbons (Fsp3) is 1.00. The Labute approximate surface area is 90.9 Å². The van der Waals surface area contributed by atoms with Crippen molar-refractivity contribution in [1.82, 2.24) is 0 Å². The summed E-state index contributed by atoms with van der Waals surface area (Å²) in [5.41, 5.74) is 0. The van der Waals surface area contributed by atoms with Crippen LogP contribution in [0.5, 0.6) is 0 Å². The van der Waals surface area contributed by atoms with E-state index in [-0.39, 0.29) is 0 Å². The molecule has 5 heteroatoms. The van der Waals surface area contributed by atoms with Crippen molar-refractivity contribution in [1.29, 1.82) is 0 Å². The summed E-state index contributed by atoms with van der Waals surface area (Å²) in [5, 5.41) is 0. The second kappa shape index (κ2) is 8.19. The van der Waals surface area contributed by atoms with E-state index in [4.69, 9.17) is 32.1 Å². The Kier molecular flexibility index (Phi) is 8.73. The van der Waals surface area contributed by atoms with Gasteiger partial charge in [0.25, 0.3) is 5.84 Å². The third-order valence-corrected chi connectivity index (χ3v) is 3.69. The zero-order valence-electron chi connectivity index (χ0n) is 8.29. The molecule has 0 aromatic carbocycles. The molecule has 0 fully saturated rings. The van der Waals surface area contributed by atoms with Crippen molar-refractivity contribution < 1.29 is 9.05 Å². The molecule has 0 aromatic rings. The van der Waals surface area contributed by atoms with Gasteiger partial charge in [0.15, 0.2) is 0 Å². The van der Waals surface area contributed by atoms with Crippen molar-refractivity contribution in [3.8, 4) is 0 Å². The van der Waals surface area contributed by atoms with Gasteiger partial charge in [0.2, 0.25) is 0 Å². The van der Waals surface area contributed by atoms with Gasteiger partial charge < -0.3 is 9.05 Å². The SMILES string of the molecule is CCCCOP(=S)(Cl)OCCCC. The third kappa shape index (κ3) is 9.17. The Bertz CT molecular complexity index is 152. The molecule has 0 atom stereocenters. The standard InChI is InChI=1S/C8H18ClO2PS/c1-3-5-7-10-12(9,13)11-8-6-4-2/h3-8H2,1-2H3. The number of rotatable bonds is 8. The summed E-state index contributed by atoms with van der Waals surface area (Å²) in [6, 6.07) is 0. The van der Waals surface area contributed by atoms with Crippen LogP contribution >= 0.6 is 17.1 Å². The van der Waals surface area contributed by atoms with Crippen LogP contribution < -0.4 is 0 Å². The van der Waals surface area contributed by atoms with Gasteiger partial charge in [-0.3, -0.25) is 0 Å². The van der Waals surface area contributed by atoms with E-state index in [2.05, 4.69) is 13.8 Å². The molecular formula is C8H18ClO2PS. The Morgan fingerprint density at radius 2 is 1.46 bits per heavy atom. The highest BCUT2D eigenvalue weighted by Gasteiger charge is 2.13. The summed E-state index contributed by atoms with van der Waals surface area (Å²) in [4.78, 5) is 0. The van der Waals surface area contributed by atoms with Crippen molar-refractivity contribution in [3.05, 3.63) is 0 Å². The molecule has 0 spiro atoms. The Hall–Kier alpha value is 0.860. The number of hydrogen-bond donors (Lipinski definition) is 0. The fourth-order valence-electron chi connectivity index (χ4n) is 0.673. The van der Waals surface area contributed by atoms with Crippen LogP contribution in [-0.4, -0.2) is 13.2 Å². The molecule has 0 aliphatic rings. The largest absolute Gasteiger partial charge is 0.318 e. The lowest BCUT2D eigenvalue weighted by Gasteiger charge is -2.14. The normalized spacial score (nSPS) is 11.9. The maximum absolute atomic E-state index is 5.89. The third-order valence-electron chi connectivity index (χ3n) is 1.49. The van der Waals surface area contributed by atoms with Crippen LogP contribution in [0.15, 0.2) is 0 Å². The van der Waals surface area contributed by atoms with Crippen LogP contribution in [0.2, 0.25) is 0 Å². The summed E-state index contributed by atoms with van der Waals surface area (Å²) in [6.45, 7) is 5.42. The maximum atomic E-state index is 5.89. The van der Waals surface area contributed by atoms with E-state index in [0.717, 1.165) is 25.7 Å². The second-order valence-corrected chi connectivity index (χ2v) is 7.56. The van der Waals surface area contributed by atoms with Crippen molar-refractivity contribution in [2.24, 2.45) is 0 Å². The van der Waals surface area contributed by atoms with E-state index in [9.17, 15) is 0 Å². The van der Waals surface area contributed by atoms with Gasteiger partial charge in [0.1, 0.15) is 0 Å². The maximum Gasteiger partial charge on any atom is 0.281 e. The van der Waals surface area contributed by atoms with Crippen LogP contribution in [-0.2, 0) is 20.9 Å². The minimum Gasteiger partial charge on any atom is -0.318 e. The molecule has 80 valence electrons. The molecular weight excluding hydrogens is 227 g/mol. The average molecular weight is 245 g/mol. The van der Waals surface area contributed by atoms with Gasteiger partial charge in [0, 0.05) is 0 Å². The summed E-state index contributed by atoms with van der Waals surface area (Å²) in [6.07, 6.45) is 4.15.